The molecule has 0 bridgehead atoms. The highest BCUT2D eigenvalue weighted by Gasteiger charge is 2.18. The number of aryl methyl sites for hydroxylation is 1. The van der Waals surface area contributed by atoms with Gasteiger partial charge in [0.1, 0.15) is 5.76 Å². The van der Waals surface area contributed by atoms with E-state index >= 15 is 0 Å². The lowest BCUT2D eigenvalue weighted by molar-refractivity contribution is -0.121. The first-order valence-electron chi connectivity index (χ1n) is 7.01. The van der Waals surface area contributed by atoms with E-state index in [0.29, 0.717) is 5.76 Å². The van der Waals surface area contributed by atoms with Gasteiger partial charge in [0, 0.05) is 6.42 Å². The van der Waals surface area contributed by atoms with E-state index in [-0.39, 0.29) is 29.0 Å². The van der Waals surface area contributed by atoms with Crippen molar-refractivity contribution in [2.45, 2.75) is 31.2 Å². The maximum atomic E-state index is 12.2. The number of nitrogens with one attached hydrogen (secondary N) is 1. The van der Waals surface area contributed by atoms with Gasteiger partial charge in [-0.2, -0.15) is 0 Å². The van der Waals surface area contributed by atoms with E-state index in [9.17, 15) is 13.2 Å². The Bertz CT molecular complexity index is 718. The molecule has 5 nitrogen and oxygen atoms in total. The monoisotopic (exact) mass is 321 g/mol. The van der Waals surface area contributed by atoms with Crippen molar-refractivity contribution in [2.24, 2.45) is 0 Å². The lowest BCUT2D eigenvalue weighted by Crippen LogP contribution is -2.28. The van der Waals surface area contributed by atoms with Gasteiger partial charge in [0.2, 0.25) is 5.91 Å². The van der Waals surface area contributed by atoms with E-state index in [2.05, 4.69) is 5.32 Å². The molecular formula is C16H19NO4S. The van der Waals surface area contributed by atoms with Crippen molar-refractivity contribution >= 4 is 15.7 Å². The molecular weight excluding hydrogens is 302 g/mol. The van der Waals surface area contributed by atoms with Gasteiger partial charge >= 0.3 is 0 Å². The minimum Gasteiger partial charge on any atom is -0.467 e. The van der Waals surface area contributed by atoms with Crippen LogP contribution in [0, 0.1) is 6.92 Å². The quantitative estimate of drug-likeness (QED) is 0.887. The highest BCUT2D eigenvalue weighted by Crippen LogP contribution is 2.15. The topological polar surface area (TPSA) is 76.4 Å². The van der Waals surface area contributed by atoms with Crippen LogP contribution in [0.2, 0.25) is 0 Å². The molecule has 1 amide bonds. The zero-order valence-electron chi connectivity index (χ0n) is 12.6. The second-order valence-corrected chi connectivity index (χ2v) is 7.30. The highest BCUT2D eigenvalue weighted by atomic mass is 32.2. The molecule has 0 fully saturated rings. The molecule has 0 aliphatic carbocycles. The van der Waals surface area contributed by atoms with E-state index in [0.717, 1.165) is 5.56 Å². The summed E-state index contributed by atoms with van der Waals surface area (Å²) in [6.45, 7) is 3.67. The van der Waals surface area contributed by atoms with E-state index < -0.39 is 9.84 Å². The molecule has 1 heterocycles. The number of carbonyl (C=O) groups excluding carboxylic acids is 1. The minimum atomic E-state index is -3.45. The number of hydrogen-bond acceptors (Lipinski definition) is 4. The van der Waals surface area contributed by atoms with Gasteiger partial charge in [-0.1, -0.05) is 17.7 Å². The summed E-state index contributed by atoms with van der Waals surface area (Å²) in [7, 11) is -3.45. The van der Waals surface area contributed by atoms with Crippen LogP contribution in [-0.4, -0.2) is 20.1 Å². The number of hydrogen-bond donors (Lipinski definition) is 1. The van der Waals surface area contributed by atoms with Gasteiger partial charge in [0.05, 0.1) is 23.0 Å². The van der Waals surface area contributed by atoms with E-state index in [1.165, 1.54) is 6.26 Å². The fraction of sp³-hybridized carbons (Fsp3) is 0.312. The number of furan rings is 1. The molecule has 2 aromatic rings. The number of carbonyl (C=O) groups is 1. The molecule has 1 N–H and O–H groups in total. The molecule has 0 spiro atoms. The summed E-state index contributed by atoms with van der Waals surface area (Å²) in [4.78, 5) is 12.1. The van der Waals surface area contributed by atoms with Crippen LogP contribution < -0.4 is 5.32 Å². The van der Waals surface area contributed by atoms with Crippen molar-refractivity contribution in [1.82, 2.24) is 5.32 Å². The molecule has 0 aliphatic heterocycles. The minimum absolute atomic E-state index is 0.0821. The first kappa shape index (κ1) is 16.3. The van der Waals surface area contributed by atoms with Crippen LogP contribution in [0.5, 0.6) is 0 Å². The maximum absolute atomic E-state index is 12.2. The van der Waals surface area contributed by atoms with E-state index in [1.807, 2.05) is 6.92 Å². The third-order valence-corrected chi connectivity index (χ3v) is 5.06. The molecule has 0 saturated carbocycles. The summed E-state index contributed by atoms with van der Waals surface area (Å²) in [5.74, 6) is 0.0987. The molecule has 0 aliphatic rings. The Morgan fingerprint density at radius 2 is 1.91 bits per heavy atom. The normalized spacial score (nSPS) is 12.8. The zero-order chi connectivity index (χ0) is 16.2. The zero-order valence-corrected chi connectivity index (χ0v) is 13.4. The van der Waals surface area contributed by atoms with Crippen molar-refractivity contribution in [2.75, 3.05) is 5.75 Å². The molecule has 1 aromatic heterocycles. The summed E-state index contributed by atoms with van der Waals surface area (Å²) >= 11 is 0. The SMILES string of the molecule is Cc1ccc(S(=O)(=O)CCC(=O)N[C@@H](C)c2ccco2)cc1. The van der Waals surface area contributed by atoms with Crippen LogP contribution in [0.4, 0.5) is 0 Å². The number of benzene rings is 1. The van der Waals surface area contributed by atoms with Gasteiger partial charge in [0.25, 0.3) is 0 Å². The van der Waals surface area contributed by atoms with Crippen LogP contribution in [0.15, 0.2) is 52.0 Å². The third kappa shape index (κ3) is 4.21. The second-order valence-electron chi connectivity index (χ2n) is 5.19. The van der Waals surface area contributed by atoms with Gasteiger partial charge in [-0.25, -0.2) is 8.42 Å². The average molecular weight is 321 g/mol. The molecule has 1 atom stereocenters. The maximum Gasteiger partial charge on any atom is 0.221 e. The first-order chi connectivity index (χ1) is 10.4. The molecule has 1 aromatic carbocycles. The molecule has 2 rings (SSSR count). The fourth-order valence-corrected chi connectivity index (χ4v) is 3.25. The average Bonchev–Trinajstić information content (AvgIpc) is 3.00. The van der Waals surface area contributed by atoms with Gasteiger partial charge < -0.3 is 9.73 Å². The first-order valence-corrected chi connectivity index (χ1v) is 8.66. The van der Waals surface area contributed by atoms with Crippen molar-refractivity contribution in [3.8, 4) is 0 Å². The summed E-state index contributed by atoms with van der Waals surface area (Å²) in [5.41, 5.74) is 0.990. The van der Waals surface area contributed by atoms with Crippen molar-refractivity contribution in [3.63, 3.8) is 0 Å². The van der Waals surface area contributed by atoms with Crippen LogP contribution in [0.3, 0.4) is 0 Å². The molecule has 118 valence electrons. The van der Waals surface area contributed by atoms with Crippen LogP contribution in [0.25, 0.3) is 0 Å². The third-order valence-electron chi connectivity index (χ3n) is 3.33. The van der Waals surface area contributed by atoms with Crippen molar-refractivity contribution in [1.29, 1.82) is 0 Å². The van der Waals surface area contributed by atoms with E-state index in [1.54, 1.807) is 43.3 Å². The summed E-state index contributed by atoms with van der Waals surface area (Å²) in [5, 5.41) is 2.72. The fourth-order valence-electron chi connectivity index (χ4n) is 2.01. The number of sulfone groups is 1. The Morgan fingerprint density at radius 3 is 2.50 bits per heavy atom. The Balaban J connectivity index is 1.91. The lowest BCUT2D eigenvalue weighted by Gasteiger charge is -2.11. The van der Waals surface area contributed by atoms with Crippen molar-refractivity contribution < 1.29 is 17.6 Å². The van der Waals surface area contributed by atoms with Crippen LogP contribution >= 0.6 is 0 Å². The molecule has 0 unspecified atom stereocenters. The number of amides is 1. The second kappa shape index (κ2) is 6.79. The van der Waals surface area contributed by atoms with Gasteiger partial charge in [-0.3, -0.25) is 4.79 Å². The summed E-state index contributed by atoms with van der Waals surface area (Å²) in [6.07, 6.45) is 1.45. The van der Waals surface area contributed by atoms with Crippen molar-refractivity contribution in [3.05, 3.63) is 54.0 Å². The Hall–Kier alpha value is -2.08. The Kier molecular flexibility index (Phi) is 5.03. The predicted molar refractivity (Wildman–Crippen MR) is 83.1 cm³/mol. The molecule has 6 heteroatoms. The summed E-state index contributed by atoms with van der Waals surface area (Å²) < 4.78 is 29.5. The molecule has 0 radical (unpaired) electrons. The summed E-state index contributed by atoms with van der Waals surface area (Å²) in [6, 6.07) is 9.82. The van der Waals surface area contributed by atoms with E-state index in [4.69, 9.17) is 4.42 Å². The smallest absolute Gasteiger partial charge is 0.221 e. The highest BCUT2D eigenvalue weighted by molar-refractivity contribution is 7.91. The Morgan fingerprint density at radius 1 is 1.23 bits per heavy atom. The Labute approximate surface area is 130 Å². The standard InChI is InChI=1S/C16H19NO4S/c1-12-5-7-14(8-6-12)22(19,20)11-9-16(18)17-13(2)15-4-3-10-21-15/h3-8,10,13H,9,11H2,1-2H3,(H,17,18)/t13-/m0/s1. The molecule has 0 saturated heterocycles. The van der Waals surface area contributed by atoms with Crippen LogP contribution in [0.1, 0.15) is 30.7 Å². The van der Waals surface area contributed by atoms with Crippen LogP contribution in [-0.2, 0) is 14.6 Å². The van der Waals surface area contributed by atoms with Gasteiger partial charge in [-0.15, -0.1) is 0 Å². The number of rotatable bonds is 6. The largest absolute Gasteiger partial charge is 0.467 e. The van der Waals surface area contributed by atoms with Gasteiger partial charge in [0.15, 0.2) is 9.84 Å². The molecule has 22 heavy (non-hydrogen) atoms. The lowest BCUT2D eigenvalue weighted by atomic mass is 10.2. The van der Waals surface area contributed by atoms with Gasteiger partial charge in [-0.05, 0) is 38.1 Å². The predicted octanol–water partition coefficient (Wildman–Crippen LogP) is 2.63.